The maximum absolute atomic E-state index is 13.5. The van der Waals surface area contributed by atoms with Gasteiger partial charge in [0.15, 0.2) is 0 Å². The monoisotopic (exact) mass is 397 g/mol. The summed E-state index contributed by atoms with van der Waals surface area (Å²) in [5.74, 6) is -0.807. The second-order valence-corrected chi connectivity index (χ2v) is 6.96. The van der Waals surface area contributed by atoms with E-state index in [0.717, 1.165) is 32.8 Å². The molecular formula is C23H16FN5O. The van der Waals surface area contributed by atoms with Crippen molar-refractivity contribution in [2.75, 3.05) is 0 Å². The zero-order chi connectivity index (χ0) is 20.7. The molecule has 0 fully saturated rings. The van der Waals surface area contributed by atoms with Crippen LogP contribution >= 0.6 is 0 Å². The lowest BCUT2D eigenvalue weighted by Crippen LogP contribution is -2.14. The lowest BCUT2D eigenvalue weighted by Gasteiger charge is -2.10. The minimum atomic E-state index is -0.474. The molecule has 2 N–H and O–H groups in total. The fourth-order valence-electron chi connectivity index (χ4n) is 3.75. The molecule has 30 heavy (non-hydrogen) atoms. The van der Waals surface area contributed by atoms with Crippen molar-refractivity contribution in [3.63, 3.8) is 0 Å². The Bertz CT molecular complexity index is 1390. The highest BCUT2D eigenvalue weighted by atomic mass is 19.1. The number of nitrogens with two attached hydrogens (primary N) is 1. The van der Waals surface area contributed by atoms with Crippen LogP contribution in [0.3, 0.4) is 0 Å². The molecule has 0 bridgehead atoms. The Morgan fingerprint density at radius 1 is 0.967 bits per heavy atom. The van der Waals surface area contributed by atoms with Gasteiger partial charge in [0.1, 0.15) is 5.82 Å². The van der Waals surface area contributed by atoms with Gasteiger partial charge in [-0.05, 0) is 48.0 Å². The molecular weight excluding hydrogens is 381 g/mol. The Labute approximate surface area is 170 Å². The molecule has 0 aliphatic carbocycles. The van der Waals surface area contributed by atoms with E-state index in [1.165, 1.54) is 12.1 Å². The zero-order valence-corrected chi connectivity index (χ0v) is 15.8. The molecule has 0 radical (unpaired) electrons. The maximum atomic E-state index is 13.5. The molecule has 0 aliphatic heterocycles. The molecule has 7 heteroatoms. The maximum Gasteiger partial charge on any atom is 0.223 e. The highest BCUT2D eigenvalue weighted by molar-refractivity contribution is 6.13. The first kappa shape index (κ1) is 17.9. The summed E-state index contributed by atoms with van der Waals surface area (Å²) in [6, 6.07) is 13.8. The van der Waals surface area contributed by atoms with E-state index >= 15 is 0 Å². The number of primary amides is 1. The fraction of sp³-hybridized carbons (Fsp3) is 0.0435. The smallest absolute Gasteiger partial charge is 0.223 e. The Morgan fingerprint density at radius 3 is 2.50 bits per heavy atom. The van der Waals surface area contributed by atoms with E-state index in [1.54, 1.807) is 41.6 Å². The third kappa shape index (κ3) is 2.97. The van der Waals surface area contributed by atoms with Gasteiger partial charge in [0.2, 0.25) is 5.91 Å². The summed E-state index contributed by atoms with van der Waals surface area (Å²) in [5, 5.41) is 7.31. The van der Waals surface area contributed by atoms with E-state index < -0.39 is 5.91 Å². The van der Waals surface area contributed by atoms with Crippen molar-refractivity contribution in [1.29, 1.82) is 0 Å². The van der Waals surface area contributed by atoms with Crippen molar-refractivity contribution in [2.24, 2.45) is 5.73 Å². The fourth-order valence-corrected chi connectivity index (χ4v) is 3.75. The number of amides is 1. The van der Waals surface area contributed by atoms with Crippen molar-refractivity contribution in [2.45, 2.75) is 6.42 Å². The van der Waals surface area contributed by atoms with Crippen molar-refractivity contribution in [3.8, 4) is 16.8 Å². The van der Waals surface area contributed by atoms with Gasteiger partial charge >= 0.3 is 0 Å². The molecule has 5 rings (SSSR count). The highest BCUT2D eigenvalue weighted by Gasteiger charge is 2.19. The molecule has 3 aromatic heterocycles. The number of pyridine rings is 2. The molecule has 0 saturated carbocycles. The average molecular weight is 397 g/mol. The van der Waals surface area contributed by atoms with Crippen LogP contribution in [0.25, 0.3) is 38.5 Å². The predicted molar refractivity (Wildman–Crippen MR) is 112 cm³/mol. The number of benzene rings is 2. The summed E-state index contributed by atoms with van der Waals surface area (Å²) in [7, 11) is 0. The molecule has 146 valence electrons. The van der Waals surface area contributed by atoms with Crippen LogP contribution in [0.15, 0.2) is 73.3 Å². The van der Waals surface area contributed by atoms with Crippen LogP contribution in [-0.4, -0.2) is 25.7 Å². The van der Waals surface area contributed by atoms with Gasteiger partial charge in [0.25, 0.3) is 0 Å². The second-order valence-electron chi connectivity index (χ2n) is 6.96. The van der Waals surface area contributed by atoms with E-state index in [-0.39, 0.29) is 12.2 Å². The number of carbonyl (C=O) groups excluding carboxylic acids is 1. The number of aromatic nitrogens is 4. The van der Waals surface area contributed by atoms with Gasteiger partial charge in [-0.25, -0.2) is 9.07 Å². The normalized spacial score (nSPS) is 11.2. The summed E-state index contributed by atoms with van der Waals surface area (Å²) in [5.41, 5.74) is 9.40. The summed E-state index contributed by atoms with van der Waals surface area (Å²) in [4.78, 5) is 20.3. The molecule has 1 amide bonds. The largest absolute Gasteiger partial charge is 0.369 e. The molecule has 2 aromatic carbocycles. The Hall–Kier alpha value is -4.13. The number of nitrogens with zero attached hydrogens (tertiary/aromatic N) is 4. The number of carbonyl (C=O) groups is 1. The Morgan fingerprint density at radius 2 is 1.77 bits per heavy atom. The number of hydrogen-bond donors (Lipinski definition) is 1. The van der Waals surface area contributed by atoms with Gasteiger partial charge in [0, 0.05) is 46.5 Å². The second kappa shape index (κ2) is 7.04. The minimum absolute atomic E-state index is 0.00619. The molecule has 0 atom stereocenters. The zero-order valence-electron chi connectivity index (χ0n) is 15.8. The summed E-state index contributed by atoms with van der Waals surface area (Å²) < 4.78 is 15.2. The van der Waals surface area contributed by atoms with E-state index in [4.69, 9.17) is 5.73 Å². The molecule has 0 spiro atoms. The van der Waals surface area contributed by atoms with Crippen LogP contribution in [0.5, 0.6) is 0 Å². The lowest BCUT2D eigenvalue weighted by molar-refractivity contribution is -0.117. The van der Waals surface area contributed by atoms with Gasteiger partial charge in [0.05, 0.1) is 23.3 Å². The lowest BCUT2D eigenvalue weighted by atomic mass is 9.97. The third-order valence-corrected chi connectivity index (χ3v) is 5.04. The van der Waals surface area contributed by atoms with Gasteiger partial charge < -0.3 is 5.73 Å². The molecule has 0 saturated heterocycles. The van der Waals surface area contributed by atoms with Crippen molar-refractivity contribution >= 4 is 27.6 Å². The number of fused-ring (bicyclic) bond motifs is 3. The average Bonchev–Trinajstić information content (AvgIpc) is 3.12. The molecule has 3 heterocycles. The first-order chi connectivity index (χ1) is 14.6. The minimum Gasteiger partial charge on any atom is -0.369 e. The summed E-state index contributed by atoms with van der Waals surface area (Å²) in [6.45, 7) is 0. The van der Waals surface area contributed by atoms with Crippen LogP contribution in [0.1, 0.15) is 5.69 Å². The van der Waals surface area contributed by atoms with E-state index in [1.807, 2.05) is 24.3 Å². The quantitative estimate of drug-likeness (QED) is 0.500. The van der Waals surface area contributed by atoms with Crippen molar-refractivity contribution in [3.05, 3.63) is 84.8 Å². The van der Waals surface area contributed by atoms with Crippen molar-refractivity contribution in [1.82, 2.24) is 19.7 Å². The number of hydrogen-bond acceptors (Lipinski definition) is 4. The molecule has 0 aliphatic rings. The number of halogens is 1. The van der Waals surface area contributed by atoms with E-state index in [9.17, 15) is 9.18 Å². The van der Waals surface area contributed by atoms with Crippen LogP contribution < -0.4 is 5.73 Å². The van der Waals surface area contributed by atoms with Crippen LogP contribution in [0.2, 0.25) is 0 Å². The van der Waals surface area contributed by atoms with Crippen LogP contribution in [-0.2, 0) is 11.2 Å². The number of rotatable bonds is 4. The van der Waals surface area contributed by atoms with Crippen LogP contribution in [0.4, 0.5) is 4.39 Å². The standard InChI is InChI=1S/C23H16FN5O/c24-15-3-5-16(6-4-15)29-23-17-7-9-27-13-20(17)18(14-2-1-8-26-12-14)10-19(23)21(28-29)11-22(25)30/h1-10,12-13H,11H2,(H2,25,30). The van der Waals surface area contributed by atoms with Gasteiger partial charge in [-0.2, -0.15) is 5.10 Å². The summed E-state index contributed by atoms with van der Waals surface area (Å²) in [6.07, 6.45) is 7.00. The van der Waals surface area contributed by atoms with Gasteiger partial charge in [-0.15, -0.1) is 0 Å². The third-order valence-electron chi connectivity index (χ3n) is 5.04. The first-order valence-corrected chi connectivity index (χ1v) is 9.35. The van der Waals surface area contributed by atoms with Gasteiger partial charge in [-0.1, -0.05) is 6.07 Å². The Balaban J connectivity index is 1.90. The van der Waals surface area contributed by atoms with E-state index in [0.29, 0.717) is 11.4 Å². The topological polar surface area (TPSA) is 86.7 Å². The predicted octanol–water partition coefficient (Wildman–Crippen LogP) is 3.80. The summed E-state index contributed by atoms with van der Waals surface area (Å²) >= 11 is 0. The van der Waals surface area contributed by atoms with E-state index in [2.05, 4.69) is 15.1 Å². The molecule has 5 aromatic rings. The molecule has 6 nitrogen and oxygen atoms in total. The first-order valence-electron chi connectivity index (χ1n) is 9.35. The highest BCUT2D eigenvalue weighted by Crippen LogP contribution is 2.36. The molecule has 0 unspecified atom stereocenters. The van der Waals surface area contributed by atoms with Crippen molar-refractivity contribution < 1.29 is 9.18 Å². The van der Waals surface area contributed by atoms with Gasteiger partial charge in [-0.3, -0.25) is 14.8 Å². The Kier molecular flexibility index (Phi) is 4.21. The van der Waals surface area contributed by atoms with Crippen LogP contribution in [0, 0.1) is 5.82 Å². The SMILES string of the molecule is NC(=O)Cc1nn(-c2ccc(F)cc2)c2c1cc(-c1cccnc1)c1cnccc12.